The van der Waals surface area contributed by atoms with E-state index in [9.17, 15) is 13.2 Å². The Labute approximate surface area is 238 Å². The summed E-state index contributed by atoms with van der Waals surface area (Å²) in [6, 6.07) is 3.55. The lowest BCUT2D eigenvalue weighted by molar-refractivity contribution is -0.629. The second kappa shape index (κ2) is 11.3. The molecule has 0 spiro atoms. The summed E-state index contributed by atoms with van der Waals surface area (Å²) in [7, 11) is 5.30. The Kier molecular flexibility index (Phi) is 7.78. The van der Waals surface area contributed by atoms with Crippen LogP contribution in [0.3, 0.4) is 0 Å². The van der Waals surface area contributed by atoms with E-state index in [0.29, 0.717) is 35.2 Å². The first-order valence-corrected chi connectivity index (χ1v) is 12.9. The van der Waals surface area contributed by atoms with E-state index in [1.807, 2.05) is 7.05 Å². The number of nitrogens with zero attached hydrogens (tertiary/aromatic N) is 5. The highest BCUT2D eigenvalue weighted by atomic mass is 35.5. The number of likely N-dealkylation sites (tertiary alicyclic amines) is 1. The van der Waals surface area contributed by atoms with Crippen LogP contribution in [0.1, 0.15) is 17.7 Å². The number of hydrogen-bond acceptors (Lipinski definition) is 9. The minimum absolute atomic E-state index is 0.124. The van der Waals surface area contributed by atoms with Crippen molar-refractivity contribution in [1.29, 1.82) is 0 Å². The Morgan fingerprint density at radius 2 is 2.02 bits per heavy atom. The average molecular weight is 591 g/mol. The number of H-pyrrole nitrogens is 1. The van der Waals surface area contributed by atoms with Crippen LogP contribution >= 0.6 is 11.6 Å². The Bertz CT molecular complexity index is 1610. The van der Waals surface area contributed by atoms with Gasteiger partial charge >= 0.3 is 12.1 Å². The van der Waals surface area contributed by atoms with E-state index >= 15 is 0 Å². The molecule has 5 N–H and O–H groups in total. The second-order valence-electron chi connectivity index (χ2n) is 9.46. The first-order valence-electron chi connectivity index (χ1n) is 12.6. The van der Waals surface area contributed by atoms with Gasteiger partial charge < -0.3 is 25.4 Å². The van der Waals surface area contributed by atoms with E-state index < -0.39 is 11.7 Å². The molecule has 0 unspecified atom stereocenters. The van der Waals surface area contributed by atoms with Crippen molar-refractivity contribution in [3.8, 4) is 11.5 Å². The maximum Gasteiger partial charge on any atom is 0.416 e. The molecule has 4 aromatic rings. The van der Waals surface area contributed by atoms with E-state index in [4.69, 9.17) is 26.8 Å². The number of nitrogens with two attached hydrogens (primary N) is 1. The molecule has 1 atom stereocenters. The molecule has 0 radical (unpaired) electrons. The van der Waals surface area contributed by atoms with E-state index in [0.717, 1.165) is 25.1 Å². The lowest BCUT2D eigenvalue weighted by Crippen LogP contribution is -2.30. The van der Waals surface area contributed by atoms with Crippen LogP contribution in [-0.4, -0.2) is 58.1 Å². The van der Waals surface area contributed by atoms with Crippen molar-refractivity contribution in [1.82, 2.24) is 24.8 Å². The van der Waals surface area contributed by atoms with Crippen molar-refractivity contribution in [3.63, 3.8) is 0 Å². The summed E-state index contributed by atoms with van der Waals surface area (Å²) in [6.07, 6.45) is 1.62. The molecule has 1 aliphatic rings. The van der Waals surface area contributed by atoms with Crippen LogP contribution in [0, 0.1) is 0 Å². The molecule has 0 aliphatic carbocycles. The third-order valence-electron chi connectivity index (χ3n) is 6.55. The van der Waals surface area contributed by atoms with Gasteiger partial charge in [0, 0.05) is 44.8 Å². The van der Waals surface area contributed by atoms with Gasteiger partial charge in [0.25, 0.3) is 0 Å². The van der Waals surface area contributed by atoms with Gasteiger partial charge in [0.1, 0.15) is 28.3 Å². The molecule has 5 rings (SSSR count). The van der Waals surface area contributed by atoms with Crippen molar-refractivity contribution < 1.29 is 27.2 Å². The fourth-order valence-electron chi connectivity index (χ4n) is 4.56. The largest absolute Gasteiger partial charge is 0.489 e. The average Bonchev–Trinajstić information content (AvgIpc) is 3.49. The number of aromatic nitrogens is 5. The number of hydrogen-bond donors (Lipinski definition) is 4. The Morgan fingerprint density at radius 1 is 1.24 bits per heavy atom. The Balaban J connectivity index is 1.46. The number of likely N-dealkylation sites (N-methyl/N-ethyl adjacent to an activating group) is 1. The molecule has 0 amide bonds. The zero-order valence-corrected chi connectivity index (χ0v) is 23.1. The number of halogens is 4. The van der Waals surface area contributed by atoms with Gasteiger partial charge in [-0.3, -0.25) is 0 Å². The predicted octanol–water partition coefficient (Wildman–Crippen LogP) is 4.05. The van der Waals surface area contributed by atoms with Crippen LogP contribution in [0.2, 0.25) is 5.02 Å². The summed E-state index contributed by atoms with van der Waals surface area (Å²) < 4.78 is 54.7. The molecule has 15 heteroatoms. The smallest absolute Gasteiger partial charge is 0.416 e. The number of fused-ring (bicyclic) bond motifs is 1. The zero-order chi connectivity index (χ0) is 29.3. The summed E-state index contributed by atoms with van der Waals surface area (Å²) in [5.74, 6) is 1.27. The predicted molar refractivity (Wildman–Crippen MR) is 148 cm³/mol. The van der Waals surface area contributed by atoms with E-state index in [2.05, 4.69) is 35.5 Å². The molecule has 216 valence electrons. The maximum atomic E-state index is 13.7. The summed E-state index contributed by atoms with van der Waals surface area (Å²) in [6.45, 7) is 1.45. The number of alkyl halides is 3. The van der Waals surface area contributed by atoms with Crippen molar-refractivity contribution >= 4 is 46.0 Å². The van der Waals surface area contributed by atoms with Gasteiger partial charge in [0.15, 0.2) is 22.8 Å². The number of nitrogens with one attached hydrogen (secondary N) is 3. The van der Waals surface area contributed by atoms with E-state index in [-0.39, 0.29) is 34.1 Å². The van der Waals surface area contributed by atoms with Gasteiger partial charge in [0.05, 0.1) is 18.8 Å². The first-order chi connectivity index (χ1) is 19.6. The standard InChI is InChI=1S/C26H27ClF3N9O2/c1-32-23-21(33-5-6-34-23)18(11-31)41-19-12-35-24-22(20(19)27)39(3)25(37-24)36-15-8-14(26(28,29)30)9-17(10-15)40-16-4-7-38(2)13-16/h5-6,8-12,16H,4,7,13H2,1-3H3,(H4,31,32,33,34,35,36,37)/p+1/t16-/m0/s1. The molecular formula is C26H28ClF3N9O2+. The highest BCUT2D eigenvalue weighted by molar-refractivity contribution is 6.36. The lowest BCUT2D eigenvalue weighted by atomic mass is 10.1. The second-order valence-corrected chi connectivity index (χ2v) is 9.84. The summed E-state index contributed by atoms with van der Waals surface area (Å²) in [4.78, 5) is 18.0. The SMILES string of the molecule is CNc1nccnc1/C(=C\N)Oc1cnc2[nH]c(Nc3cc(O[C@H]4CCN(C)C4)cc(C(F)(F)F)c3)[n+](C)c2c1Cl. The Hall–Kier alpha value is -4.30. The van der Waals surface area contributed by atoms with Crippen LogP contribution in [0.5, 0.6) is 11.5 Å². The summed E-state index contributed by atoms with van der Waals surface area (Å²) in [5.41, 5.74) is 6.33. The number of imidazole rings is 1. The monoisotopic (exact) mass is 590 g/mol. The van der Waals surface area contributed by atoms with E-state index in [1.54, 1.807) is 18.7 Å². The van der Waals surface area contributed by atoms with Crippen LogP contribution < -0.4 is 30.4 Å². The van der Waals surface area contributed by atoms with Crippen LogP contribution in [-0.2, 0) is 13.2 Å². The topological polar surface area (TPSA) is 130 Å². The fourth-order valence-corrected chi connectivity index (χ4v) is 4.86. The van der Waals surface area contributed by atoms with Gasteiger partial charge in [0.2, 0.25) is 5.65 Å². The molecule has 0 saturated carbocycles. The molecule has 1 saturated heterocycles. The summed E-state index contributed by atoms with van der Waals surface area (Å²) in [5, 5.41) is 6.11. The number of aryl methyl sites for hydroxylation is 1. The van der Waals surface area contributed by atoms with Crippen LogP contribution in [0.4, 0.5) is 30.6 Å². The minimum Gasteiger partial charge on any atom is -0.489 e. The molecule has 0 bridgehead atoms. The molecule has 1 aliphatic heterocycles. The van der Waals surface area contributed by atoms with Gasteiger partial charge in [-0.2, -0.15) is 13.2 Å². The third kappa shape index (κ3) is 5.93. The number of benzene rings is 1. The van der Waals surface area contributed by atoms with Gasteiger partial charge in [-0.1, -0.05) is 11.6 Å². The third-order valence-corrected chi connectivity index (χ3v) is 6.92. The van der Waals surface area contributed by atoms with Crippen LogP contribution in [0.15, 0.2) is 43.0 Å². The van der Waals surface area contributed by atoms with Crippen molar-refractivity contribution in [2.75, 3.05) is 37.8 Å². The quantitative estimate of drug-likeness (QED) is 0.177. The first kappa shape index (κ1) is 28.2. The number of rotatable bonds is 8. The molecular weight excluding hydrogens is 563 g/mol. The number of ether oxygens (including phenoxy) is 2. The van der Waals surface area contributed by atoms with Crippen molar-refractivity contribution in [2.24, 2.45) is 12.8 Å². The van der Waals surface area contributed by atoms with Crippen molar-refractivity contribution in [2.45, 2.75) is 18.7 Å². The van der Waals surface area contributed by atoms with Gasteiger partial charge in [-0.05, 0) is 25.6 Å². The lowest BCUT2D eigenvalue weighted by Gasteiger charge is -2.16. The normalized spacial score (nSPS) is 16.3. The molecule has 11 nitrogen and oxygen atoms in total. The number of anilines is 3. The minimum atomic E-state index is -4.56. The number of pyridine rings is 1. The Morgan fingerprint density at radius 3 is 2.71 bits per heavy atom. The maximum absolute atomic E-state index is 13.7. The summed E-state index contributed by atoms with van der Waals surface area (Å²) >= 11 is 6.72. The molecule has 4 heterocycles. The van der Waals surface area contributed by atoms with Gasteiger partial charge in [-0.25, -0.2) is 29.8 Å². The molecule has 1 fully saturated rings. The fraction of sp³-hybridized carbons (Fsp3) is 0.308. The van der Waals surface area contributed by atoms with Crippen molar-refractivity contribution in [3.05, 3.63) is 59.3 Å². The molecule has 3 aromatic heterocycles. The molecule has 1 aromatic carbocycles. The van der Waals surface area contributed by atoms with Crippen LogP contribution in [0.25, 0.3) is 16.9 Å². The zero-order valence-electron chi connectivity index (χ0n) is 22.4. The molecule has 41 heavy (non-hydrogen) atoms. The highest BCUT2D eigenvalue weighted by Crippen LogP contribution is 2.37. The number of aromatic amines is 1. The van der Waals surface area contributed by atoms with E-state index in [1.165, 1.54) is 30.9 Å². The highest BCUT2D eigenvalue weighted by Gasteiger charge is 2.33. The van der Waals surface area contributed by atoms with Gasteiger partial charge in [-0.15, -0.1) is 0 Å².